The molecule has 7 heteroatoms. The summed E-state index contributed by atoms with van der Waals surface area (Å²) in [5.74, 6) is -0.0634. The van der Waals surface area contributed by atoms with Gasteiger partial charge in [-0.3, -0.25) is 14.4 Å². The van der Waals surface area contributed by atoms with E-state index in [4.69, 9.17) is 0 Å². The molecule has 4 rings (SSSR count). The highest BCUT2D eigenvalue weighted by atomic mass is 32.2. The van der Waals surface area contributed by atoms with E-state index in [1.807, 2.05) is 29.2 Å². The van der Waals surface area contributed by atoms with Crippen LogP contribution in [-0.2, 0) is 16.6 Å². The fourth-order valence-corrected chi connectivity index (χ4v) is 4.91. The predicted molar refractivity (Wildman–Crippen MR) is 126 cm³/mol. The number of nitrogens with one attached hydrogen (secondary N) is 1. The van der Waals surface area contributed by atoms with E-state index in [0.29, 0.717) is 24.3 Å². The van der Waals surface area contributed by atoms with E-state index in [-0.39, 0.29) is 10.8 Å². The molecule has 0 unspecified atom stereocenters. The Balaban J connectivity index is 1.38. The molecule has 3 aromatic rings. The maximum Gasteiger partial charge on any atom is 0.261 e. The van der Waals surface area contributed by atoms with E-state index in [2.05, 4.69) is 21.8 Å². The van der Waals surface area contributed by atoms with Crippen LogP contribution in [-0.4, -0.2) is 50.3 Å². The lowest BCUT2D eigenvalue weighted by Crippen LogP contribution is -2.35. The zero-order valence-corrected chi connectivity index (χ0v) is 18.7. The summed E-state index contributed by atoms with van der Waals surface area (Å²) in [7, 11) is -3.71. The van der Waals surface area contributed by atoms with Crippen LogP contribution < -0.4 is 4.72 Å². The van der Waals surface area contributed by atoms with Crippen molar-refractivity contribution in [1.82, 2.24) is 9.80 Å². The number of hydrogen-bond acceptors (Lipinski definition) is 4. The van der Waals surface area contributed by atoms with Crippen LogP contribution in [0.25, 0.3) is 0 Å². The first kappa shape index (κ1) is 22.0. The van der Waals surface area contributed by atoms with E-state index >= 15 is 0 Å². The van der Waals surface area contributed by atoms with Crippen molar-refractivity contribution in [2.75, 3.05) is 30.9 Å². The number of hydrogen-bond donors (Lipinski definition) is 1. The maximum absolute atomic E-state index is 13.0. The molecule has 0 aromatic heterocycles. The molecule has 166 valence electrons. The monoisotopic (exact) mass is 449 g/mol. The lowest BCUT2D eigenvalue weighted by molar-refractivity contribution is 0.0761. The molecule has 6 nitrogen and oxygen atoms in total. The minimum Gasteiger partial charge on any atom is -0.337 e. The van der Waals surface area contributed by atoms with Crippen molar-refractivity contribution in [2.24, 2.45) is 0 Å². The van der Waals surface area contributed by atoms with E-state index in [1.165, 1.54) is 17.7 Å². The lowest BCUT2D eigenvalue weighted by Gasteiger charge is -2.22. The smallest absolute Gasteiger partial charge is 0.261 e. The SMILES string of the molecule is O=C(c1ccc(S(=O)(=O)Nc2ccccc2)cc1)N1CCCN(Cc2ccccc2)CC1. The first-order chi connectivity index (χ1) is 15.5. The Bertz CT molecular complexity index is 1130. The second-order valence-electron chi connectivity index (χ2n) is 7.90. The Morgan fingerprint density at radius 2 is 1.44 bits per heavy atom. The third-order valence-corrected chi connectivity index (χ3v) is 6.96. The number of rotatable bonds is 6. The van der Waals surface area contributed by atoms with Crippen molar-refractivity contribution in [1.29, 1.82) is 0 Å². The number of anilines is 1. The average molecular weight is 450 g/mol. The minimum atomic E-state index is -3.71. The first-order valence-corrected chi connectivity index (χ1v) is 12.2. The Kier molecular flexibility index (Phi) is 6.87. The van der Waals surface area contributed by atoms with E-state index in [1.54, 1.807) is 36.4 Å². The molecule has 1 heterocycles. The Morgan fingerprint density at radius 3 is 2.12 bits per heavy atom. The van der Waals surface area contributed by atoms with Crippen LogP contribution in [0.2, 0.25) is 0 Å². The second kappa shape index (κ2) is 9.97. The summed E-state index contributed by atoms with van der Waals surface area (Å²) in [4.78, 5) is 17.4. The van der Waals surface area contributed by atoms with Gasteiger partial charge in [-0.1, -0.05) is 48.5 Å². The highest BCUT2D eigenvalue weighted by Gasteiger charge is 2.21. The number of carbonyl (C=O) groups excluding carboxylic acids is 1. The van der Waals surface area contributed by atoms with Crippen LogP contribution >= 0.6 is 0 Å². The van der Waals surface area contributed by atoms with Crippen LogP contribution in [0.5, 0.6) is 0 Å². The van der Waals surface area contributed by atoms with Crippen molar-refractivity contribution in [3.05, 3.63) is 96.1 Å². The second-order valence-corrected chi connectivity index (χ2v) is 9.59. The molecule has 0 aliphatic carbocycles. The van der Waals surface area contributed by atoms with E-state index in [9.17, 15) is 13.2 Å². The van der Waals surface area contributed by atoms with Crippen LogP contribution in [0.15, 0.2) is 89.8 Å². The zero-order chi connectivity index (χ0) is 22.4. The van der Waals surface area contributed by atoms with Crippen LogP contribution in [0, 0.1) is 0 Å². The molecule has 0 bridgehead atoms. The van der Waals surface area contributed by atoms with Crippen LogP contribution in [0.3, 0.4) is 0 Å². The number of para-hydroxylation sites is 1. The molecule has 1 amide bonds. The van der Waals surface area contributed by atoms with Crippen molar-refractivity contribution in [3.63, 3.8) is 0 Å². The average Bonchev–Trinajstić information content (AvgIpc) is 3.05. The van der Waals surface area contributed by atoms with Gasteiger partial charge in [0.2, 0.25) is 0 Å². The largest absolute Gasteiger partial charge is 0.337 e. The summed E-state index contributed by atoms with van der Waals surface area (Å²) in [5.41, 5.74) is 2.27. The summed E-state index contributed by atoms with van der Waals surface area (Å²) in [6.07, 6.45) is 0.909. The normalized spacial score (nSPS) is 15.2. The molecule has 3 aromatic carbocycles. The zero-order valence-electron chi connectivity index (χ0n) is 17.9. The Labute approximate surface area is 189 Å². The predicted octanol–water partition coefficient (Wildman–Crippen LogP) is 3.84. The molecule has 1 aliphatic rings. The molecule has 1 saturated heterocycles. The molecular formula is C25H27N3O3S. The van der Waals surface area contributed by atoms with Crippen LogP contribution in [0.4, 0.5) is 5.69 Å². The standard InChI is InChI=1S/C25H27N3O3S/c29-25(28-17-7-16-27(18-19-28)20-21-8-3-1-4-9-21)22-12-14-24(15-13-22)32(30,31)26-23-10-5-2-6-11-23/h1-6,8-15,26H,7,16-20H2. The third kappa shape index (κ3) is 5.55. The van der Waals surface area contributed by atoms with Gasteiger partial charge in [-0.25, -0.2) is 8.42 Å². The van der Waals surface area contributed by atoms with Gasteiger partial charge >= 0.3 is 0 Å². The van der Waals surface area contributed by atoms with Crippen molar-refractivity contribution >= 4 is 21.6 Å². The van der Waals surface area contributed by atoms with Gasteiger partial charge in [0, 0.05) is 44.0 Å². The quantitative estimate of drug-likeness (QED) is 0.621. The molecular weight excluding hydrogens is 422 g/mol. The van der Waals surface area contributed by atoms with Gasteiger partial charge in [0.15, 0.2) is 0 Å². The van der Waals surface area contributed by atoms with Crippen molar-refractivity contribution in [2.45, 2.75) is 17.9 Å². The molecule has 0 radical (unpaired) electrons. The van der Waals surface area contributed by atoms with Gasteiger partial charge < -0.3 is 4.90 Å². The van der Waals surface area contributed by atoms with Gasteiger partial charge in [-0.05, 0) is 48.4 Å². The molecule has 0 atom stereocenters. The topological polar surface area (TPSA) is 69.7 Å². The lowest BCUT2D eigenvalue weighted by atomic mass is 10.2. The van der Waals surface area contributed by atoms with Crippen molar-refractivity contribution < 1.29 is 13.2 Å². The number of carbonyl (C=O) groups is 1. The Morgan fingerprint density at radius 1 is 0.781 bits per heavy atom. The van der Waals surface area contributed by atoms with Gasteiger partial charge in [0.1, 0.15) is 0 Å². The Hall–Kier alpha value is -3.16. The number of sulfonamides is 1. The molecule has 0 saturated carbocycles. The fraction of sp³-hybridized carbons (Fsp3) is 0.240. The van der Waals surface area contributed by atoms with Gasteiger partial charge in [0.05, 0.1) is 4.90 Å². The van der Waals surface area contributed by atoms with E-state index < -0.39 is 10.0 Å². The van der Waals surface area contributed by atoms with Gasteiger partial charge in [-0.2, -0.15) is 0 Å². The molecule has 32 heavy (non-hydrogen) atoms. The van der Waals surface area contributed by atoms with Gasteiger partial charge in [-0.15, -0.1) is 0 Å². The van der Waals surface area contributed by atoms with Crippen LogP contribution in [0.1, 0.15) is 22.3 Å². The third-order valence-electron chi connectivity index (χ3n) is 5.56. The number of amides is 1. The summed E-state index contributed by atoms with van der Waals surface area (Å²) in [6, 6.07) is 25.2. The van der Waals surface area contributed by atoms with Crippen molar-refractivity contribution in [3.8, 4) is 0 Å². The molecule has 1 N–H and O–H groups in total. The van der Waals surface area contributed by atoms with Gasteiger partial charge in [0.25, 0.3) is 15.9 Å². The molecule has 0 spiro atoms. The number of benzene rings is 3. The summed E-state index contributed by atoms with van der Waals surface area (Å²) >= 11 is 0. The molecule has 1 aliphatic heterocycles. The summed E-state index contributed by atoms with van der Waals surface area (Å²) in [6.45, 7) is 3.99. The first-order valence-electron chi connectivity index (χ1n) is 10.7. The molecule has 1 fully saturated rings. The summed E-state index contributed by atoms with van der Waals surface area (Å²) in [5, 5.41) is 0. The maximum atomic E-state index is 13.0. The highest BCUT2D eigenvalue weighted by Crippen LogP contribution is 2.18. The minimum absolute atomic E-state index is 0.0634. The summed E-state index contributed by atoms with van der Waals surface area (Å²) < 4.78 is 27.8. The fourth-order valence-electron chi connectivity index (χ4n) is 3.85. The number of nitrogens with zero attached hydrogens (tertiary/aromatic N) is 2. The van der Waals surface area contributed by atoms with E-state index in [0.717, 1.165) is 26.1 Å². The highest BCUT2D eigenvalue weighted by molar-refractivity contribution is 7.92.